The SMILES string of the molecule is CCN(CC)c1ccc(C=Nn2c(-c3cccnc3)n[nH]c2=S)c(O)c1. The second kappa shape index (κ2) is 7.92. The summed E-state index contributed by atoms with van der Waals surface area (Å²) in [4.78, 5) is 6.25. The lowest BCUT2D eigenvalue weighted by atomic mass is 10.2. The fourth-order valence-electron chi connectivity index (χ4n) is 2.63. The maximum atomic E-state index is 10.3. The molecule has 134 valence electrons. The van der Waals surface area contributed by atoms with Crippen LogP contribution in [0.4, 0.5) is 5.69 Å². The van der Waals surface area contributed by atoms with E-state index in [2.05, 4.69) is 39.0 Å². The van der Waals surface area contributed by atoms with Crippen LogP contribution in [-0.4, -0.2) is 44.3 Å². The van der Waals surface area contributed by atoms with Gasteiger partial charge < -0.3 is 10.0 Å². The molecular weight excluding hydrogens is 348 g/mol. The van der Waals surface area contributed by atoms with Gasteiger partial charge in [0.2, 0.25) is 4.77 Å². The number of aromatic nitrogens is 4. The summed E-state index contributed by atoms with van der Waals surface area (Å²) in [6.45, 7) is 5.91. The molecule has 0 unspecified atom stereocenters. The minimum Gasteiger partial charge on any atom is -0.507 e. The summed E-state index contributed by atoms with van der Waals surface area (Å²) >= 11 is 5.25. The molecular formula is C18H20N6OS. The molecule has 0 bridgehead atoms. The Morgan fingerprint density at radius 3 is 2.77 bits per heavy atom. The van der Waals surface area contributed by atoms with Crippen molar-refractivity contribution in [3.8, 4) is 17.1 Å². The predicted octanol–water partition coefficient (Wildman–Crippen LogP) is 3.44. The second-order valence-electron chi connectivity index (χ2n) is 5.57. The third-order valence-corrected chi connectivity index (χ3v) is 4.29. The third-order valence-electron chi connectivity index (χ3n) is 4.03. The maximum Gasteiger partial charge on any atom is 0.216 e. The largest absolute Gasteiger partial charge is 0.507 e. The van der Waals surface area contributed by atoms with Crippen molar-refractivity contribution in [3.63, 3.8) is 0 Å². The lowest BCUT2D eigenvalue weighted by Gasteiger charge is -2.21. The molecule has 0 saturated carbocycles. The number of nitrogens with one attached hydrogen (secondary N) is 1. The number of aromatic hydroxyl groups is 1. The van der Waals surface area contributed by atoms with Crippen LogP contribution in [0.5, 0.6) is 5.75 Å². The maximum absolute atomic E-state index is 10.3. The Hall–Kier alpha value is -3.00. The van der Waals surface area contributed by atoms with E-state index in [-0.39, 0.29) is 5.75 Å². The van der Waals surface area contributed by atoms with Crippen molar-refractivity contribution in [3.05, 3.63) is 53.1 Å². The fourth-order valence-corrected chi connectivity index (χ4v) is 2.81. The van der Waals surface area contributed by atoms with Gasteiger partial charge in [-0.3, -0.25) is 4.98 Å². The molecule has 0 atom stereocenters. The molecule has 0 amide bonds. The number of nitrogens with zero attached hydrogens (tertiary/aromatic N) is 5. The Balaban J connectivity index is 1.92. The molecule has 8 heteroatoms. The van der Waals surface area contributed by atoms with Gasteiger partial charge in [-0.2, -0.15) is 14.9 Å². The van der Waals surface area contributed by atoms with E-state index in [1.165, 1.54) is 4.68 Å². The van der Waals surface area contributed by atoms with Gasteiger partial charge in [0.1, 0.15) is 5.75 Å². The van der Waals surface area contributed by atoms with Crippen LogP contribution in [0.3, 0.4) is 0 Å². The van der Waals surface area contributed by atoms with Gasteiger partial charge in [-0.05, 0) is 50.3 Å². The molecule has 2 aromatic heterocycles. The molecule has 0 aliphatic heterocycles. The Morgan fingerprint density at radius 2 is 2.12 bits per heavy atom. The van der Waals surface area contributed by atoms with E-state index in [0.29, 0.717) is 16.2 Å². The van der Waals surface area contributed by atoms with Crippen LogP contribution in [0.1, 0.15) is 19.4 Å². The quantitative estimate of drug-likeness (QED) is 0.514. The van der Waals surface area contributed by atoms with E-state index in [1.54, 1.807) is 24.7 Å². The first kappa shape index (κ1) is 17.8. The number of hydrogen-bond acceptors (Lipinski definition) is 6. The second-order valence-corrected chi connectivity index (χ2v) is 5.95. The van der Waals surface area contributed by atoms with Crippen LogP contribution >= 0.6 is 12.2 Å². The van der Waals surface area contributed by atoms with Crippen LogP contribution < -0.4 is 4.90 Å². The van der Waals surface area contributed by atoms with Gasteiger partial charge in [-0.15, -0.1) is 0 Å². The Bertz CT molecular complexity index is 959. The van der Waals surface area contributed by atoms with Gasteiger partial charge >= 0.3 is 0 Å². The van der Waals surface area contributed by atoms with Crippen LogP contribution in [0.2, 0.25) is 0 Å². The van der Waals surface area contributed by atoms with Crippen LogP contribution in [0.25, 0.3) is 11.4 Å². The Morgan fingerprint density at radius 1 is 1.31 bits per heavy atom. The minimum absolute atomic E-state index is 0.163. The molecule has 1 aromatic carbocycles. The zero-order valence-corrected chi connectivity index (χ0v) is 15.4. The highest BCUT2D eigenvalue weighted by molar-refractivity contribution is 7.71. The Labute approximate surface area is 156 Å². The third kappa shape index (κ3) is 3.65. The molecule has 7 nitrogen and oxygen atoms in total. The monoisotopic (exact) mass is 368 g/mol. The highest BCUT2D eigenvalue weighted by Crippen LogP contribution is 2.24. The summed E-state index contributed by atoms with van der Waals surface area (Å²) in [5.41, 5.74) is 2.36. The molecule has 3 rings (SSSR count). The summed E-state index contributed by atoms with van der Waals surface area (Å²) in [7, 11) is 0. The first-order valence-electron chi connectivity index (χ1n) is 8.34. The fraction of sp³-hybridized carbons (Fsp3) is 0.222. The highest BCUT2D eigenvalue weighted by Gasteiger charge is 2.09. The summed E-state index contributed by atoms with van der Waals surface area (Å²) in [6.07, 6.45) is 4.94. The average Bonchev–Trinajstić information content (AvgIpc) is 3.03. The summed E-state index contributed by atoms with van der Waals surface area (Å²) in [6, 6.07) is 9.23. The number of hydrogen-bond donors (Lipinski definition) is 2. The average molecular weight is 368 g/mol. The van der Waals surface area contributed by atoms with E-state index in [1.807, 2.05) is 24.3 Å². The molecule has 0 fully saturated rings. The first-order valence-corrected chi connectivity index (χ1v) is 8.75. The number of benzene rings is 1. The zero-order chi connectivity index (χ0) is 18.5. The molecule has 0 aliphatic rings. The van der Waals surface area contributed by atoms with Crippen molar-refractivity contribution >= 4 is 24.1 Å². The van der Waals surface area contributed by atoms with Crippen LogP contribution in [0, 0.1) is 4.77 Å². The molecule has 2 heterocycles. The number of rotatable bonds is 6. The first-order chi connectivity index (χ1) is 12.6. The van der Waals surface area contributed by atoms with Crippen molar-refractivity contribution in [2.24, 2.45) is 5.10 Å². The van der Waals surface area contributed by atoms with Gasteiger partial charge in [-0.25, -0.2) is 5.10 Å². The molecule has 3 aromatic rings. The predicted molar refractivity (Wildman–Crippen MR) is 105 cm³/mol. The van der Waals surface area contributed by atoms with Crippen molar-refractivity contribution in [1.29, 1.82) is 0 Å². The number of pyridine rings is 1. The zero-order valence-electron chi connectivity index (χ0n) is 14.6. The van der Waals surface area contributed by atoms with E-state index in [4.69, 9.17) is 12.2 Å². The van der Waals surface area contributed by atoms with Crippen molar-refractivity contribution < 1.29 is 5.11 Å². The van der Waals surface area contributed by atoms with Gasteiger partial charge in [-0.1, -0.05) is 0 Å². The summed E-state index contributed by atoms with van der Waals surface area (Å²) < 4.78 is 1.86. The van der Waals surface area contributed by atoms with E-state index in [9.17, 15) is 5.11 Å². The van der Waals surface area contributed by atoms with Crippen molar-refractivity contribution in [2.75, 3.05) is 18.0 Å². The highest BCUT2D eigenvalue weighted by atomic mass is 32.1. The molecule has 2 N–H and O–H groups in total. The number of phenolic OH excluding ortho intramolecular Hbond substituents is 1. The van der Waals surface area contributed by atoms with Crippen LogP contribution in [0.15, 0.2) is 47.8 Å². The van der Waals surface area contributed by atoms with Gasteiger partial charge in [0.15, 0.2) is 5.82 Å². The summed E-state index contributed by atoms with van der Waals surface area (Å²) in [5.74, 6) is 0.717. The lowest BCUT2D eigenvalue weighted by Crippen LogP contribution is -2.21. The smallest absolute Gasteiger partial charge is 0.216 e. The molecule has 26 heavy (non-hydrogen) atoms. The van der Waals surface area contributed by atoms with Gasteiger partial charge in [0.05, 0.1) is 6.21 Å². The van der Waals surface area contributed by atoms with E-state index >= 15 is 0 Å². The normalized spacial score (nSPS) is 11.2. The molecule has 0 spiro atoms. The topological polar surface area (TPSA) is 82.3 Å². The lowest BCUT2D eigenvalue weighted by molar-refractivity contribution is 0.474. The van der Waals surface area contributed by atoms with Crippen LogP contribution in [-0.2, 0) is 0 Å². The van der Waals surface area contributed by atoms with Crippen molar-refractivity contribution in [1.82, 2.24) is 19.9 Å². The summed E-state index contributed by atoms with van der Waals surface area (Å²) in [5, 5.41) is 21.6. The number of H-pyrrole nitrogens is 1. The van der Waals surface area contributed by atoms with Gasteiger partial charge in [0, 0.05) is 48.4 Å². The Kier molecular flexibility index (Phi) is 5.43. The number of aromatic amines is 1. The molecule has 0 saturated heterocycles. The van der Waals surface area contributed by atoms with E-state index < -0.39 is 0 Å². The van der Waals surface area contributed by atoms with Gasteiger partial charge in [0.25, 0.3) is 0 Å². The molecule has 0 radical (unpaired) electrons. The van der Waals surface area contributed by atoms with E-state index in [0.717, 1.165) is 24.3 Å². The number of anilines is 1. The minimum atomic E-state index is 0.163. The number of phenols is 1. The molecule has 0 aliphatic carbocycles. The van der Waals surface area contributed by atoms with Crippen molar-refractivity contribution in [2.45, 2.75) is 13.8 Å². The standard InChI is InChI=1S/C18H20N6OS/c1-3-23(4-2)15-8-7-13(16(25)10-15)12-20-24-17(21-22-18(24)26)14-6-5-9-19-11-14/h5-12,25H,3-4H2,1-2H3,(H,22,26).